The number of sulfonamides is 1. The van der Waals surface area contributed by atoms with Crippen LogP contribution in [0, 0.1) is 14.9 Å². The van der Waals surface area contributed by atoms with E-state index in [2.05, 4.69) is 11.8 Å². The normalized spacial score (nSPS) is 15.9. The molecule has 10 nitrogen and oxygen atoms in total. The maximum absolute atomic E-state index is 13.0. The summed E-state index contributed by atoms with van der Waals surface area (Å²) in [6.45, 7) is 5.23. The molecule has 3 rings (SSSR count). The first-order valence-corrected chi connectivity index (χ1v) is 11.4. The van der Waals surface area contributed by atoms with Crippen LogP contribution in [0.1, 0.15) is 13.3 Å². The van der Waals surface area contributed by atoms with Gasteiger partial charge < -0.3 is 13.9 Å². The van der Waals surface area contributed by atoms with Gasteiger partial charge in [0.25, 0.3) is 0 Å². The number of aromatic nitrogens is 2. The monoisotopic (exact) mass is 455 g/mol. The summed E-state index contributed by atoms with van der Waals surface area (Å²) in [7, 11) is -2.53. The summed E-state index contributed by atoms with van der Waals surface area (Å²) in [6, 6.07) is 3.70. The topological polar surface area (TPSA) is 103 Å². The summed E-state index contributed by atoms with van der Waals surface area (Å²) in [5, 5.41) is 11.2. The predicted octanol–water partition coefficient (Wildman–Crippen LogP) is 2.31. The summed E-state index contributed by atoms with van der Waals surface area (Å²) in [4.78, 5) is 12.6. The van der Waals surface area contributed by atoms with Crippen molar-refractivity contribution in [3.8, 4) is 5.75 Å². The molecule has 2 heterocycles. The Bertz CT molecular complexity index is 1070. The maximum atomic E-state index is 13.0. The van der Waals surface area contributed by atoms with Crippen LogP contribution < -0.4 is 4.74 Å². The molecule has 164 valence electrons. The molecule has 1 aromatic carbocycles. The Morgan fingerprint density at radius 3 is 2.43 bits per heavy atom. The highest BCUT2D eigenvalue weighted by Crippen LogP contribution is 2.30. The van der Waals surface area contributed by atoms with Crippen molar-refractivity contribution in [2.75, 3.05) is 33.3 Å². The molecule has 1 aromatic heterocycles. The highest BCUT2D eigenvalue weighted by atomic mass is 32.2. The number of benzene rings is 1. The van der Waals surface area contributed by atoms with E-state index in [0.29, 0.717) is 32.8 Å². The quantitative estimate of drug-likeness (QED) is 0.342. The van der Waals surface area contributed by atoms with Gasteiger partial charge in [0, 0.05) is 51.2 Å². The van der Waals surface area contributed by atoms with Crippen LogP contribution in [0.5, 0.6) is 5.75 Å². The minimum Gasteiger partial charge on any atom is -0.490 e. The highest BCUT2D eigenvalue weighted by Gasteiger charge is 2.30. The van der Waals surface area contributed by atoms with E-state index >= 15 is 0 Å². The van der Waals surface area contributed by atoms with Gasteiger partial charge in [0.15, 0.2) is 10.5 Å². The number of rotatable bonds is 8. The van der Waals surface area contributed by atoms with Crippen molar-refractivity contribution < 1.29 is 18.1 Å². The van der Waals surface area contributed by atoms with Gasteiger partial charge in [-0.05, 0) is 30.8 Å². The number of ether oxygens (including phenoxy) is 1. The van der Waals surface area contributed by atoms with Crippen LogP contribution in [0.25, 0.3) is 0 Å². The molecule has 0 unspecified atom stereocenters. The van der Waals surface area contributed by atoms with E-state index in [1.165, 1.54) is 23.5 Å². The zero-order valence-electron chi connectivity index (χ0n) is 16.9. The molecule has 0 radical (unpaired) electrons. The number of hydrogen-bond donors (Lipinski definition) is 0. The van der Waals surface area contributed by atoms with E-state index in [9.17, 15) is 18.5 Å². The van der Waals surface area contributed by atoms with E-state index < -0.39 is 14.9 Å². The Labute approximate surface area is 180 Å². The van der Waals surface area contributed by atoms with Gasteiger partial charge in [0.2, 0.25) is 10.0 Å². The summed E-state index contributed by atoms with van der Waals surface area (Å²) in [6.07, 6.45) is 4.90. The minimum absolute atomic E-state index is 0.0236. The fraction of sp³-hybridized carbons (Fsp3) is 0.500. The second kappa shape index (κ2) is 9.25. The van der Waals surface area contributed by atoms with Crippen molar-refractivity contribution in [1.82, 2.24) is 18.3 Å². The Hall–Kier alpha value is -2.28. The van der Waals surface area contributed by atoms with E-state index in [1.807, 2.05) is 21.5 Å². The summed E-state index contributed by atoms with van der Waals surface area (Å²) >= 11 is 5.49. The Morgan fingerprint density at radius 2 is 1.83 bits per heavy atom. The van der Waals surface area contributed by atoms with Gasteiger partial charge in [-0.1, -0.05) is 6.92 Å². The van der Waals surface area contributed by atoms with Crippen molar-refractivity contribution in [3.05, 3.63) is 45.5 Å². The van der Waals surface area contributed by atoms with E-state index in [0.717, 1.165) is 23.8 Å². The minimum atomic E-state index is -3.84. The molecule has 0 bridgehead atoms. The Morgan fingerprint density at radius 1 is 1.17 bits per heavy atom. The molecule has 1 fully saturated rings. The van der Waals surface area contributed by atoms with E-state index in [4.69, 9.17) is 17.0 Å². The number of piperazine rings is 1. The molecule has 30 heavy (non-hydrogen) atoms. The first-order chi connectivity index (χ1) is 14.3. The number of nitro groups is 1. The van der Waals surface area contributed by atoms with Crippen LogP contribution in [0.15, 0.2) is 35.5 Å². The van der Waals surface area contributed by atoms with Gasteiger partial charge in [0.1, 0.15) is 0 Å². The molecule has 0 atom stereocenters. The third-order valence-electron chi connectivity index (χ3n) is 5.05. The Balaban J connectivity index is 1.69. The molecule has 1 saturated heterocycles. The number of methoxy groups -OCH3 is 1. The molecule has 1 aliphatic heterocycles. The van der Waals surface area contributed by atoms with Gasteiger partial charge in [0.05, 0.1) is 23.6 Å². The number of imidazole rings is 1. The smallest absolute Gasteiger partial charge is 0.312 e. The lowest BCUT2D eigenvalue weighted by molar-refractivity contribution is -0.386. The predicted molar refractivity (Wildman–Crippen MR) is 114 cm³/mol. The second-order valence-electron chi connectivity index (χ2n) is 7.00. The number of aryl methyl sites for hydroxylation is 1. The van der Waals surface area contributed by atoms with Crippen molar-refractivity contribution in [2.45, 2.75) is 31.5 Å². The molecule has 2 aromatic rings. The zero-order chi connectivity index (χ0) is 21.9. The van der Waals surface area contributed by atoms with Gasteiger partial charge in [-0.3, -0.25) is 15.0 Å². The third-order valence-corrected chi connectivity index (χ3v) is 7.41. The molecule has 0 N–H and O–H groups in total. The average Bonchev–Trinajstić information content (AvgIpc) is 3.07. The summed E-state index contributed by atoms with van der Waals surface area (Å²) in [5.41, 5.74) is -0.372. The largest absolute Gasteiger partial charge is 0.490 e. The molecule has 1 aliphatic rings. The molecule has 12 heteroatoms. The van der Waals surface area contributed by atoms with Gasteiger partial charge in [-0.25, -0.2) is 8.42 Å². The van der Waals surface area contributed by atoms with Crippen molar-refractivity contribution in [1.29, 1.82) is 0 Å². The number of hydrogen-bond acceptors (Lipinski definition) is 7. The molecular formula is C18H25N5O5S2. The first-order valence-electron chi connectivity index (χ1n) is 9.58. The lowest BCUT2D eigenvalue weighted by Crippen LogP contribution is -2.48. The third kappa shape index (κ3) is 4.56. The fourth-order valence-electron chi connectivity index (χ4n) is 3.42. The van der Waals surface area contributed by atoms with Gasteiger partial charge >= 0.3 is 5.69 Å². The van der Waals surface area contributed by atoms with Crippen LogP contribution in [-0.2, 0) is 23.2 Å². The first kappa shape index (κ1) is 22.4. The van der Waals surface area contributed by atoms with Crippen LogP contribution in [0.2, 0.25) is 0 Å². The van der Waals surface area contributed by atoms with Crippen LogP contribution in [0.4, 0.5) is 5.69 Å². The zero-order valence-corrected chi connectivity index (χ0v) is 18.6. The SMILES string of the molecule is CCCn1ccn(CN2CCN(S(=O)(=O)c3ccc(OC)c([N+](=O)[O-])c3)CC2)c1=S. The Kier molecular flexibility index (Phi) is 6.91. The van der Waals surface area contributed by atoms with Crippen LogP contribution >= 0.6 is 12.2 Å². The lowest BCUT2D eigenvalue weighted by Gasteiger charge is -2.34. The van der Waals surface area contributed by atoms with Crippen molar-refractivity contribution >= 4 is 27.9 Å². The molecule has 0 amide bonds. The fourth-order valence-corrected chi connectivity index (χ4v) is 5.13. The molecule has 0 spiro atoms. The standard InChI is InChI=1S/C18H25N5O5S2/c1-3-6-20-9-10-21(18(20)29)14-19-7-11-22(12-8-19)30(26,27)15-4-5-17(28-2)16(13-15)23(24)25/h4-5,9-10,13H,3,6-8,11-12,14H2,1-2H3. The maximum Gasteiger partial charge on any atom is 0.312 e. The van der Waals surface area contributed by atoms with Crippen LogP contribution in [0.3, 0.4) is 0 Å². The van der Waals surface area contributed by atoms with Gasteiger partial charge in [-0.15, -0.1) is 0 Å². The second-order valence-corrected chi connectivity index (χ2v) is 9.30. The number of nitro benzene ring substituents is 1. The van der Waals surface area contributed by atoms with E-state index in [-0.39, 0.29) is 16.3 Å². The number of nitrogens with zero attached hydrogens (tertiary/aromatic N) is 5. The van der Waals surface area contributed by atoms with Crippen molar-refractivity contribution in [2.24, 2.45) is 0 Å². The molecular weight excluding hydrogens is 430 g/mol. The summed E-state index contributed by atoms with van der Waals surface area (Å²) < 4.78 is 37.0. The van der Waals surface area contributed by atoms with E-state index in [1.54, 1.807) is 0 Å². The van der Waals surface area contributed by atoms with Crippen LogP contribution in [-0.4, -0.2) is 65.0 Å². The lowest BCUT2D eigenvalue weighted by atomic mass is 10.3. The van der Waals surface area contributed by atoms with Crippen molar-refractivity contribution in [3.63, 3.8) is 0 Å². The van der Waals surface area contributed by atoms with Gasteiger partial charge in [-0.2, -0.15) is 4.31 Å². The summed E-state index contributed by atoms with van der Waals surface area (Å²) in [5.74, 6) is 0.0236. The average molecular weight is 456 g/mol. The highest BCUT2D eigenvalue weighted by molar-refractivity contribution is 7.89. The molecule has 0 aliphatic carbocycles. The molecule has 0 saturated carbocycles.